The van der Waals surface area contributed by atoms with Gasteiger partial charge in [-0.3, -0.25) is 4.79 Å². The van der Waals surface area contributed by atoms with Gasteiger partial charge in [-0.2, -0.15) is 0 Å². The van der Waals surface area contributed by atoms with E-state index in [1.54, 1.807) is 0 Å². The van der Waals surface area contributed by atoms with Crippen molar-refractivity contribution in [1.29, 1.82) is 0 Å². The number of rotatable bonds is 6. The van der Waals surface area contributed by atoms with Gasteiger partial charge in [-0.25, -0.2) is 0 Å². The van der Waals surface area contributed by atoms with Crippen LogP contribution in [0, 0.1) is 19.8 Å². The van der Waals surface area contributed by atoms with Crippen LogP contribution in [-0.2, 0) is 11.3 Å². The van der Waals surface area contributed by atoms with Gasteiger partial charge < -0.3 is 9.30 Å². The molecule has 1 heterocycles. The minimum absolute atomic E-state index is 0.0790. The van der Waals surface area contributed by atoms with Crippen LogP contribution in [0.3, 0.4) is 0 Å². The van der Waals surface area contributed by atoms with E-state index in [0.29, 0.717) is 5.92 Å². The first-order chi connectivity index (χ1) is 8.38. The lowest BCUT2D eigenvalue weighted by molar-refractivity contribution is 0.0336. The number of carbonyl (C=O) groups is 1. The zero-order valence-electron chi connectivity index (χ0n) is 12.4. The number of aromatic nitrogens is 1. The lowest BCUT2D eigenvalue weighted by atomic mass is 10.1. The van der Waals surface area contributed by atoms with Crippen LogP contribution in [-0.4, -0.2) is 23.1 Å². The Morgan fingerprint density at radius 3 is 2.39 bits per heavy atom. The molecule has 102 valence electrons. The first-order valence-electron chi connectivity index (χ1n) is 6.70. The van der Waals surface area contributed by atoms with Gasteiger partial charge in [0, 0.05) is 23.5 Å². The Morgan fingerprint density at radius 2 is 1.94 bits per heavy atom. The maximum absolute atomic E-state index is 12.1. The number of ether oxygens (including phenoxy) is 1. The number of Topliss-reactive ketones (excluding diaryl/α,β-unsaturated/α-hetero) is 1. The van der Waals surface area contributed by atoms with Crippen molar-refractivity contribution in [1.82, 2.24) is 4.57 Å². The fraction of sp³-hybridized carbons (Fsp3) is 0.667. The second kappa shape index (κ2) is 6.19. The average Bonchev–Trinajstić information content (AvgIpc) is 2.60. The van der Waals surface area contributed by atoms with Crippen LogP contribution >= 0.6 is 0 Å². The SMILES string of the molecule is CCn1c(C)cc(C(=O)COC(C)C(C)C)c1C. The lowest BCUT2D eigenvalue weighted by Gasteiger charge is -2.15. The number of hydrogen-bond donors (Lipinski definition) is 0. The maximum Gasteiger partial charge on any atom is 0.190 e. The van der Waals surface area contributed by atoms with Crippen LogP contribution in [0.15, 0.2) is 6.07 Å². The van der Waals surface area contributed by atoms with Gasteiger partial charge in [0.25, 0.3) is 0 Å². The second-order valence-electron chi connectivity index (χ2n) is 5.21. The van der Waals surface area contributed by atoms with Crippen molar-refractivity contribution in [2.45, 2.75) is 54.2 Å². The van der Waals surface area contributed by atoms with Crippen molar-refractivity contribution in [2.75, 3.05) is 6.61 Å². The van der Waals surface area contributed by atoms with Gasteiger partial charge >= 0.3 is 0 Å². The van der Waals surface area contributed by atoms with Gasteiger partial charge in [-0.1, -0.05) is 13.8 Å². The molecule has 1 unspecified atom stereocenters. The van der Waals surface area contributed by atoms with Crippen molar-refractivity contribution < 1.29 is 9.53 Å². The molecule has 0 fully saturated rings. The summed E-state index contributed by atoms with van der Waals surface area (Å²) in [6.07, 6.45) is 0.114. The molecule has 0 aliphatic rings. The highest BCUT2D eigenvalue weighted by Gasteiger charge is 2.16. The van der Waals surface area contributed by atoms with Gasteiger partial charge in [0.15, 0.2) is 5.78 Å². The van der Waals surface area contributed by atoms with E-state index in [0.717, 1.165) is 23.5 Å². The van der Waals surface area contributed by atoms with Gasteiger partial charge in [0.2, 0.25) is 0 Å². The Hall–Kier alpha value is -1.09. The molecule has 0 N–H and O–H groups in total. The number of hydrogen-bond acceptors (Lipinski definition) is 2. The fourth-order valence-corrected chi connectivity index (χ4v) is 2.05. The summed E-state index contributed by atoms with van der Waals surface area (Å²) in [4.78, 5) is 12.1. The normalized spacial score (nSPS) is 13.1. The summed E-state index contributed by atoms with van der Waals surface area (Å²) < 4.78 is 7.75. The molecule has 0 saturated carbocycles. The standard InChI is InChI=1S/C15H25NO2/c1-7-16-11(4)8-14(12(16)5)15(17)9-18-13(6)10(2)3/h8,10,13H,7,9H2,1-6H3. The molecule has 1 aromatic heterocycles. The molecule has 18 heavy (non-hydrogen) atoms. The summed E-state index contributed by atoms with van der Waals surface area (Å²) in [6.45, 7) is 13.4. The van der Waals surface area contributed by atoms with E-state index in [4.69, 9.17) is 4.74 Å². The van der Waals surface area contributed by atoms with Crippen molar-refractivity contribution in [2.24, 2.45) is 5.92 Å². The Kier molecular flexibility index (Phi) is 5.15. The van der Waals surface area contributed by atoms with E-state index in [1.165, 1.54) is 0 Å². The molecule has 0 saturated heterocycles. The van der Waals surface area contributed by atoms with Gasteiger partial charge in [-0.05, 0) is 39.7 Å². The van der Waals surface area contributed by atoms with Gasteiger partial charge in [-0.15, -0.1) is 0 Å². The monoisotopic (exact) mass is 251 g/mol. The molecule has 3 nitrogen and oxygen atoms in total. The fourth-order valence-electron chi connectivity index (χ4n) is 2.05. The molecule has 0 bridgehead atoms. The van der Waals surface area contributed by atoms with Crippen molar-refractivity contribution >= 4 is 5.78 Å². The summed E-state index contributed by atoms with van der Waals surface area (Å²) in [6, 6.07) is 1.96. The predicted octanol–water partition coefficient (Wildman–Crippen LogP) is 3.37. The number of carbonyl (C=O) groups excluding carboxylic acids is 1. The summed E-state index contributed by atoms with van der Waals surface area (Å²) in [5.41, 5.74) is 2.97. The Labute approximate surface area is 110 Å². The highest BCUT2D eigenvalue weighted by Crippen LogP contribution is 2.16. The van der Waals surface area contributed by atoms with E-state index in [2.05, 4.69) is 25.3 Å². The number of nitrogens with zero attached hydrogens (tertiary/aromatic N) is 1. The number of aryl methyl sites for hydroxylation is 1. The maximum atomic E-state index is 12.1. The van der Waals surface area contributed by atoms with Crippen LogP contribution in [0.2, 0.25) is 0 Å². The summed E-state index contributed by atoms with van der Waals surface area (Å²) in [7, 11) is 0. The third kappa shape index (κ3) is 3.22. The van der Waals surface area contributed by atoms with Crippen LogP contribution in [0.4, 0.5) is 0 Å². The number of ketones is 1. The van der Waals surface area contributed by atoms with E-state index < -0.39 is 0 Å². The van der Waals surface area contributed by atoms with Crippen LogP contribution in [0.5, 0.6) is 0 Å². The molecule has 0 amide bonds. The Morgan fingerprint density at radius 1 is 1.33 bits per heavy atom. The van der Waals surface area contributed by atoms with Crippen molar-refractivity contribution in [3.8, 4) is 0 Å². The Bertz CT molecular complexity index is 418. The Balaban J connectivity index is 2.73. The molecule has 0 spiro atoms. The molecule has 0 aromatic carbocycles. The molecule has 0 radical (unpaired) electrons. The van der Waals surface area contributed by atoms with E-state index in [-0.39, 0.29) is 18.5 Å². The molecule has 1 atom stereocenters. The molecule has 1 rings (SSSR count). The van der Waals surface area contributed by atoms with Crippen LogP contribution in [0.25, 0.3) is 0 Å². The van der Waals surface area contributed by atoms with Crippen molar-refractivity contribution in [3.05, 3.63) is 23.0 Å². The molecule has 0 aliphatic heterocycles. The van der Waals surface area contributed by atoms with Crippen molar-refractivity contribution in [3.63, 3.8) is 0 Å². The average molecular weight is 251 g/mol. The van der Waals surface area contributed by atoms with Gasteiger partial charge in [0.1, 0.15) is 6.61 Å². The summed E-state index contributed by atoms with van der Waals surface area (Å²) in [5, 5.41) is 0. The summed E-state index contributed by atoms with van der Waals surface area (Å²) in [5.74, 6) is 0.510. The highest BCUT2D eigenvalue weighted by atomic mass is 16.5. The smallest absolute Gasteiger partial charge is 0.190 e. The third-order valence-electron chi connectivity index (χ3n) is 3.61. The van der Waals surface area contributed by atoms with E-state index >= 15 is 0 Å². The van der Waals surface area contributed by atoms with E-state index in [1.807, 2.05) is 26.8 Å². The zero-order chi connectivity index (χ0) is 13.9. The molecular formula is C15H25NO2. The largest absolute Gasteiger partial charge is 0.370 e. The third-order valence-corrected chi connectivity index (χ3v) is 3.61. The second-order valence-corrected chi connectivity index (χ2v) is 5.21. The topological polar surface area (TPSA) is 31.2 Å². The lowest BCUT2D eigenvalue weighted by Crippen LogP contribution is -2.20. The minimum atomic E-state index is 0.0790. The first-order valence-corrected chi connectivity index (χ1v) is 6.70. The van der Waals surface area contributed by atoms with E-state index in [9.17, 15) is 4.79 Å². The van der Waals surface area contributed by atoms with Crippen LogP contribution in [0.1, 0.15) is 49.4 Å². The highest BCUT2D eigenvalue weighted by molar-refractivity contribution is 5.98. The molecule has 3 heteroatoms. The predicted molar refractivity (Wildman–Crippen MR) is 74.2 cm³/mol. The zero-order valence-corrected chi connectivity index (χ0v) is 12.4. The molecular weight excluding hydrogens is 226 g/mol. The van der Waals surface area contributed by atoms with Crippen LogP contribution < -0.4 is 0 Å². The van der Waals surface area contributed by atoms with Gasteiger partial charge in [0.05, 0.1) is 6.10 Å². The summed E-state index contributed by atoms with van der Waals surface area (Å²) >= 11 is 0. The molecule has 1 aromatic rings. The minimum Gasteiger partial charge on any atom is -0.370 e. The molecule has 0 aliphatic carbocycles. The quantitative estimate of drug-likeness (QED) is 0.726. The first kappa shape index (κ1) is 15.0.